The third kappa shape index (κ3) is 2.71. The summed E-state index contributed by atoms with van der Waals surface area (Å²) in [5, 5.41) is 30.6. The number of ketones is 1. The van der Waals surface area contributed by atoms with Gasteiger partial charge in [0.15, 0.2) is 5.76 Å². The molecule has 4 rings (SSSR count). The van der Waals surface area contributed by atoms with Crippen LogP contribution >= 0.6 is 22.7 Å². The summed E-state index contributed by atoms with van der Waals surface area (Å²) in [6, 6.07) is 4.40. The van der Waals surface area contributed by atoms with Crippen LogP contribution in [-0.2, 0) is 4.79 Å². The second-order valence-corrected chi connectivity index (χ2v) is 7.06. The van der Waals surface area contributed by atoms with Gasteiger partial charge in [-0.1, -0.05) is 17.4 Å². The number of amides is 1. The zero-order valence-corrected chi connectivity index (χ0v) is 14.8. The van der Waals surface area contributed by atoms with Gasteiger partial charge in [-0.05, 0) is 17.5 Å². The Kier molecular flexibility index (Phi) is 4.05. The fraction of sp³-hybridized carbons (Fsp3) is 0.0667. The molecule has 0 saturated heterocycles. The average Bonchev–Trinajstić information content (AvgIpc) is 3.43. The molecule has 3 aromatic rings. The number of aromatic nitrogens is 2. The molecule has 0 saturated carbocycles. The monoisotopic (exact) mass is 404 g/mol. The number of nitrogens with zero attached hydrogens (tertiary/aromatic N) is 4. The first-order valence-electron chi connectivity index (χ1n) is 7.34. The Morgan fingerprint density at radius 1 is 1.33 bits per heavy atom. The van der Waals surface area contributed by atoms with Gasteiger partial charge in [0.1, 0.15) is 22.2 Å². The Morgan fingerprint density at radius 2 is 2.15 bits per heavy atom. The van der Waals surface area contributed by atoms with E-state index in [4.69, 9.17) is 4.42 Å². The molecule has 1 unspecified atom stereocenters. The van der Waals surface area contributed by atoms with E-state index in [-0.39, 0.29) is 16.5 Å². The zero-order valence-electron chi connectivity index (χ0n) is 13.1. The molecule has 3 aromatic heterocycles. The second-order valence-electron chi connectivity index (χ2n) is 5.30. The lowest BCUT2D eigenvalue weighted by molar-refractivity contribution is -0.402. The van der Waals surface area contributed by atoms with Crippen LogP contribution in [0.4, 0.5) is 11.0 Å². The predicted molar refractivity (Wildman–Crippen MR) is 93.8 cm³/mol. The summed E-state index contributed by atoms with van der Waals surface area (Å²) in [5.41, 5.74) is 1.14. The summed E-state index contributed by atoms with van der Waals surface area (Å²) >= 11 is 2.15. The number of thiophene rings is 1. The van der Waals surface area contributed by atoms with Crippen molar-refractivity contribution in [2.45, 2.75) is 6.04 Å². The van der Waals surface area contributed by atoms with Crippen molar-refractivity contribution in [3.8, 4) is 0 Å². The average molecular weight is 404 g/mol. The van der Waals surface area contributed by atoms with Crippen LogP contribution < -0.4 is 4.90 Å². The Labute approximate surface area is 158 Å². The van der Waals surface area contributed by atoms with Crippen LogP contribution in [0.3, 0.4) is 0 Å². The van der Waals surface area contributed by atoms with E-state index < -0.39 is 34.3 Å². The number of carbonyl (C=O) groups excluding carboxylic acids is 2. The van der Waals surface area contributed by atoms with Gasteiger partial charge in [-0.25, -0.2) is 0 Å². The van der Waals surface area contributed by atoms with Crippen LogP contribution in [0, 0.1) is 10.1 Å². The Balaban J connectivity index is 1.87. The number of aliphatic hydroxyl groups is 1. The van der Waals surface area contributed by atoms with Gasteiger partial charge >= 0.3 is 5.88 Å². The third-order valence-corrected chi connectivity index (χ3v) is 5.37. The standard InChI is InChI=1S/C15H8N4O6S2/c20-12(8-2-1-5-26-8)10-11(7-3-4-9(25-7)19(23)24)18(14(22)13(10)21)15-17-16-6-27-15/h1-6,11,21H. The van der Waals surface area contributed by atoms with Crippen molar-refractivity contribution >= 4 is 45.4 Å². The minimum absolute atomic E-state index is 0.0470. The van der Waals surface area contributed by atoms with Crippen molar-refractivity contribution in [1.82, 2.24) is 10.2 Å². The number of furan rings is 1. The summed E-state index contributed by atoms with van der Waals surface area (Å²) in [6.45, 7) is 0. The van der Waals surface area contributed by atoms with E-state index in [2.05, 4.69) is 10.2 Å². The van der Waals surface area contributed by atoms with Crippen molar-refractivity contribution in [2.24, 2.45) is 0 Å². The highest BCUT2D eigenvalue weighted by atomic mass is 32.1. The van der Waals surface area contributed by atoms with Crippen molar-refractivity contribution in [3.05, 3.63) is 67.2 Å². The lowest BCUT2D eigenvalue weighted by Crippen LogP contribution is -2.30. The summed E-state index contributed by atoms with van der Waals surface area (Å²) in [4.78, 5) is 37.1. The molecule has 0 aromatic carbocycles. The van der Waals surface area contributed by atoms with E-state index in [1.807, 2.05) is 0 Å². The predicted octanol–water partition coefficient (Wildman–Crippen LogP) is 2.88. The van der Waals surface area contributed by atoms with Gasteiger partial charge < -0.3 is 9.52 Å². The van der Waals surface area contributed by atoms with Crippen LogP contribution in [0.15, 0.2) is 50.9 Å². The van der Waals surface area contributed by atoms with Gasteiger partial charge in [0.2, 0.25) is 10.9 Å². The summed E-state index contributed by atoms with van der Waals surface area (Å²) in [6.07, 6.45) is 0. The van der Waals surface area contributed by atoms with E-state index in [9.17, 15) is 24.8 Å². The van der Waals surface area contributed by atoms with Crippen LogP contribution in [-0.4, -0.2) is 31.9 Å². The molecular formula is C15H8N4O6S2. The van der Waals surface area contributed by atoms with Crippen LogP contribution in [0.1, 0.15) is 21.5 Å². The van der Waals surface area contributed by atoms with Crippen molar-refractivity contribution < 1.29 is 24.0 Å². The van der Waals surface area contributed by atoms with Crippen LogP contribution in [0.5, 0.6) is 0 Å². The fourth-order valence-electron chi connectivity index (χ4n) is 2.70. The van der Waals surface area contributed by atoms with Gasteiger partial charge in [-0.2, -0.15) is 0 Å². The van der Waals surface area contributed by atoms with Crippen molar-refractivity contribution in [1.29, 1.82) is 0 Å². The van der Waals surface area contributed by atoms with E-state index in [1.165, 1.54) is 11.6 Å². The number of aliphatic hydroxyl groups excluding tert-OH is 1. The first kappa shape index (κ1) is 17.1. The largest absolute Gasteiger partial charge is 0.503 e. The molecule has 1 amide bonds. The lowest BCUT2D eigenvalue weighted by atomic mass is 10.0. The first-order chi connectivity index (χ1) is 13.0. The minimum atomic E-state index is -1.20. The second kappa shape index (κ2) is 6.41. The number of nitro groups is 1. The molecule has 1 aliphatic rings. The molecule has 1 N–H and O–H groups in total. The maximum atomic E-state index is 12.9. The molecule has 27 heavy (non-hydrogen) atoms. The maximum absolute atomic E-state index is 12.9. The number of rotatable bonds is 5. The molecular weight excluding hydrogens is 396 g/mol. The van der Waals surface area contributed by atoms with E-state index in [0.717, 1.165) is 33.6 Å². The summed E-state index contributed by atoms with van der Waals surface area (Å²) < 4.78 is 5.22. The smallest absolute Gasteiger partial charge is 0.433 e. The van der Waals surface area contributed by atoms with Gasteiger partial charge in [0.05, 0.1) is 16.5 Å². The topological polar surface area (TPSA) is 140 Å². The third-order valence-electron chi connectivity index (χ3n) is 3.81. The van der Waals surface area contributed by atoms with Gasteiger partial charge in [0.25, 0.3) is 5.91 Å². The molecule has 0 bridgehead atoms. The van der Waals surface area contributed by atoms with Crippen LogP contribution in [0.25, 0.3) is 0 Å². The number of Topliss-reactive ketones (excluding diaryl/α,β-unsaturated/α-hetero) is 1. The zero-order chi connectivity index (χ0) is 19.1. The molecule has 0 radical (unpaired) electrons. The molecule has 4 heterocycles. The number of anilines is 1. The number of hydrogen-bond acceptors (Lipinski definition) is 10. The first-order valence-corrected chi connectivity index (χ1v) is 9.10. The Morgan fingerprint density at radius 3 is 2.74 bits per heavy atom. The Bertz CT molecular complexity index is 1070. The van der Waals surface area contributed by atoms with Crippen molar-refractivity contribution in [2.75, 3.05) is 4.90 Å². The van der Waals surface area contributed by atoms with E-state index in [0.29, 0.717) is 4.88 Å². The normalized spacial score (nSPS) is 17.0. The molecule has 0 aliphatic carbocycles. The molecule has 0 fully saturated rings. The SMILES string of the molecule is O=C(C1=C(O)C(=O)N(c2nncs2)C1c1ccc([N+](=O)[O-])o1)c1cccs1. The number of hydrogen-bond donors (Lipinski definition) is 1. The van der Waals surface area contributed by atoms with Crippen LogP contribution in [0.2, 0.25) is 0 Å². The molecule has 12 heteroatoms. The minimum Gasteiger partial charge on any atom is -0.503 e. The quantitative estimate of drug-likeness (QED) is 0.389. The van der Waals surface area contributed by atoms with Gasteiger partial charge in [-0.3, -0.25) is 24.6 Å². The highest BCUT2D eigenvalue weighted by molar-refractivity contribution is 7.13. The highest BCUT2D eigenvalue weighted by Gasteiger charge is 2.48. The van der Waals surface area contributed by atoms with Crippen molar-refractivity contribution in [3.63, 3.8) is 0 Å². The molecule has 136 valence electrons. The summed E-state index contributed by atoms with van der Waals surface area (Å²) in [7, 11) is 0. The molecule has 10 nitrogen and oxygen atoms in total. The highest BCUT2D eigenvalue weighted by Crippen LogP contribution is 2.43. The van der Waals surface area contributed by atoms with E-state index >= 15 is 0 Å². The maximum Gasteiger partial charge on any atom is 0.433 e. The molecule has 1 aliphatic heterocycles. The van der Waals surface area contributed by atoms with E-state index in [1.54, 1.807) is 17.5 Å². The Hall–Kier alpha value is -3.38. The van der Waals surface area contributed by atoms with Gasteiger partial charge in [-0.15, -0.1) is 21.5 Å². The molecule has 0 spiro atoms. The lowest BCUT2D eigenvalue weighted by Gasteiger charge is -2.21. The summed E-state index contributed by atoms with van der Waals surface area (Å²) in [5.74, 6) is -2.80. The fourth-order valence-corrected chi connectivity index (χ4v) is 3.97. The number of carbonyl (C=O) groups is 2. The van der Waals surface area contributed by atoms with Gasteiger partial charge in [0, 0.05) is 0 Å². The molecule has 1 atom stereocenters.